The average molecular weight is 292 g/mol. The van der Waals surface area contributed by atoms with Crippen LogP contribution >= 0.6 is 0 Å². The average Bonchev–Trinajstić information content (AvgIpc) is 2.53. The van der Waals surface area contributed by atoms with Crippen LogP contribution in [0.15, 0.2) is 0 Å². The van der Waals surface area contributed by atoms with Crippen molar-refractivity contribution in [2.75, 3.05) is 17.2 Å². The summed E-state index contributed by atoms with van der Waals surface area (Å²) in [5.74, 6) is 2.87. The molecule has 1 aromatic rings. The third-order valence-corrected chi connectivity index (χ3v) is 4.46. The first-order chi connectivity index (χ1) is 10.1. The molecule has 120 valence electrons. The fraction of sp³-hybridized carbons (Fsp3) is 0.765. The molecule has 4 heteroatoms. The predicted octanol–water partition coefficient (Wildman–Crippen LogP) is 4.55. The monoisotopic (exact) mass is 292 g/mol. The Kier molecular flexibility index (Phi) is 6.93. The topological polar surface area (TPSA) is 49.8 Å². The van der Waals surface area contributed by atoms with Gasteiger partial charge in [0.15, 0.2) is 0 Å². The maximum Gasteiger partial charge on any atom is 0.135 e. The van der Waals surface area contributed by atoms with Crippen LogP contribution in [0, 0.1) is 6.92 Å². The molecule has 4 nitrogen and oxygen atoms in total. The van der Waals surface area contributed by atoms with E-state index in [2.05, 4.69) is 57.2 Å². The maximum atomic E-state index is 4.73. The molecule has 1 rings (SSSR count). The number of aromatic nitrogens is 2. The Hall–Kier alpha value is -1.32. The lowest BCUT2D eigenvalue weighted by molar-refractivity contribution is 0.418. The van der Waals surface area contributed by atoms with E-state index in [1.807, 2.05) is 0 Å². The summed E-state index contributed by atoms with van der Waals surface area (Å²) < 4.78 is 0. The van der Waals surface area contributed by atoms with E-state index in [9.17, 15) is 0 Å². The van der Waals surface area contributed by atoms with E-state index in [1.54, 1.807) is 0 Å². The van der Waals surface area contributed by atoms with Gasteiger partial charge in [-0.1, -0.05) is 34.6 Å². The summed E-state index contributed by atoms with van der Waals surface area (Å²) in [6.45, 7) is 14.0. The molecule has 1 heterocycles. The highest BCUT2D eigenvalue weighted by Crippen LogP contribution is 2.28. The van der Waals surface area contributed by atoms with Crippen molar-refractivity contribution in [3.63, 3.8) is 0 Å². The van der Waals surface area contributed by atoms with Crippen molar-refractivity contribution in [2.24, 2.45) is 0 Å². The van der Waals surface area contributed by atoms with Crippen LogP contribution in [-0.2, 0) is 6.42 Å². The molecular formula is C17H32N4. The summed E-state index contributed by atoms with van der Waals surface area (Å²) in [7, 11) is 0. The van der Waals surface area contributed by atoms with E-state index in [-0.39, 0.29) is 5.54 Å². The summed E-state index contributed by atoms with van der Waals surface area (Å²) in [5, 5.41) is 7.14. The molecule has 0 aromatic carbocycles. The Morgan fingerprint density at radius 3 is 1.95 bits per heavy atom. The number of anilines is 2. The molecule has 21 heavy (non-hydrogen) atoms. The van der Waals surface area contributed by atoms with Gasteiger partial charge in [0.25, 0.3) is 0 Å². The van der Waals surface area contributed by atoms with E-state index < -0.39 is 0 Å². The first-order valence-corrected chi connectivity index (χ1v) is 8.45. The van der Waals surface area contributed by atoms with Gasteiger partial charge in [-0.05, 0) is 32.6 Å². The van der Waals surface area contributed by atoms with Gasteiger partial charge in [-0.15, -0.1) is 0 Å². The van der Waals surface area contributed by atoms with Crippen LogP contribution < -0.4 is 10.6 Å². The highest BCUT2D eigenvalue weighted by Gasteiger charge is 2.25. The standard InChI is InChI=1S/C17H32N4/c1-7-12-18-15-13(6)16(20-14(8-2)19-15)21-17(9-3,10-4)11-5/h7-12H2,1-6H3,(H2,18,19,20,21). The zero-order valence-corrected chi connectivity index (χ0v) is 14.6. The molecule has 0 spiro atoms. The second-order valence-corrected chi connectivity index (χ2v) is 5.71. The molecule has 0 saturated carbocycles. The van der Waals surface area contributed by atoms with Crippen LogP contribution in [0.2, 0.25) is 0 Å². The normalized spacial score (nSPS) is 11.5. The Bertz CT molecular complexity index is 430. The van der Waals surface area contributed by atoms with Crippen molar-refractivity contribution in [2.45, 2.75) is 79.2 Å². The van der Waals surface area contributed by atoms with Crippen molar-refractivity contribution in [1.82, 2.24) is 9.97 Å². The van der Waals surface area contributed by atoms with Gasteiger partial charge >= 0.3 is 0 Å². The Labute approximate surface area is 130 Å². The highest BCUT2D eigenvalue weighted by atomic mass is 15.1. The predicted molar refractivity (Wildman–Crippen MR) is 92.2 cm³/mol. The molecule has 0 atom stereocenters. The van der Waals surface area contributed by atoms with E-state index in [4.69, 9.17) is 4.98 Å². The minimum Gasteiger partial charge on any atom is -0.370 e. The lowest BCUT2D eigenvalue weighted by Gasteiger charge is -2.33. The van der Waals surface area contributed by atoms with Gasteiger partial charge in [0.1, 0.15) is 17.5 Å². The largest absolute Gasteiger partial charge is 0.370 e. The Morgan fingerprint density at radius 1 is 0.905 bits per heavy atom. The van der Waals surface area contributed by atoms with Crippen LogP contribution in [0.25, 0.3) is 0 Å². The number of nitrogens with one attached hydrogen (secondary N) is 2. The zero-order chi connectivity index (χ0) is 15.9. The Morgan fingerprint density at radius 2 is 1.48 bits per heavy atom. The fourth-order valence-electron chi connectivity index (χ4n) is 2.52. The molecule has 0 aliphatic rings. The third-order valence-electron chi connectivity index (χ3n) is 4.46. The smallest absolute Gasteiger partial charge is 0.135 e. The van der Waals surface area contributed by atoms with Gasteiger partial charge in [-0.2, -0.15) is 0 Å². The van der Waals surface area contributed by atoms with Gasteiger partial charge in [0.05, 0.1) is 0 Å². The van der Waals surface area contributed by atoms with Crippen molar-refractivity contribution in [3.8, 4) is 0 Å². The van der Waals surface area contributed by atoms with Crippen molar-refractivity contribution in [1.29, 1.82) is 0 Å². The number of hydrogen-bond donors (Lipinski definition) is 2. The van der Waals surface area contributed by atoms with Crippen molar-refractivity contribution >= 4 is 11.6 Å². The first kappa shape index (κ1) is 17.7. The molecule has 2 N–H and O–H groups in total. The van der Waals surface area contributed by atoms with E-state index in [1.165, 1.54) is 0 Å². The van der Waals surface area contributed by atoms with Gasteiger partial charge < -0.3 is 10.6 Å². The van der Waals surface area contributed by atoms with Crippen molar-refractivity contribution < 1.29 is 0 Å². The minimum absolute atomic E-state index is 0.131. The first-order valence-electron chi connectivity index (χ1n) is 8.45. The van der Waals surface area contributed by atoms with E-state index in [0.717, 1.165) is 61.7 Å². The summed E-state index contributed by atoms with van der Waals surface area (Å²) in [5.41, 5.74) is 1.26. The molecule has 0 bridgehead atoms. The van der Waals surface area contributed by atoms with Gasteiger partial charge in [-0.3, -0.25) is 0 Å². The SMILES string of the molecule is CCCNc1nc(CC)nc(NC(CC)(CC)CC)c1C. The van der Waals surface area contributed by atoms with Crippen LogP contribution in [0.4, 0.5) is 11.6 Å². The molecule has 0 radical (unpaired) electrons. The molecule has 0 saturated heterocycles. The minimum atomic E-state index is 0.131. The summed E-state index contributed by atoms with van der Waals surface area (Å²) in [6.07, 6.45) is 5.25. The summed E-state index contributed by atoms with van der Waals surface area (Å²) in [4.78, 5) is 9.36. The number of rotatable bonds is 9. The number of hydrogen-bond acceptors (Lipinski definition) is 4. The fourth-order valence-corrected chi connectivity index (χ4v) is 2.52. The maximum absolute atomic E-state index is 4.73. The summed E-state index contributed by atoms with van der Waals surface area (Å²) in [6, 6.07) is 0. The lowest BCUT2D eigenvalue weighted by Crippen LogP contribution is -2.37. The molecule has 0 aliphatic carbocycles. The van der Waals surface area contributed by atoms with Crippen LogP contribution in [0.5, 0.6) is 0 Å². The quantitative estimate of drug-likeness (QED) is 0.701. The molecule has 0 unspecified atom stereocenters. The van der Waals surface area contributed by atoms with Gasteiger partial charge in [-0.25, -0.2) is 9.97 Å². The zero-order valence-electron chi connectivity index (χ0n) is 14.6. The highest BCUT2D eigenvalue weighted by molar-refractivity contribution is 5.58. The molecule has 0 amide bonds. The Balaban J connectivity index is 3.15. The van der Waals surface area contributed by atoms with Crippen LogP contribution in [0.3, 0.4) is 0 Å². The molecular weight excluding hydrogens is 260 g/mol. The van der Waals surface area contributed by atoms with Gasteiger partial charge in [0.2, 0.25) is 0 Å². The number of aryl methyl sites for hydroxylation is 1. The number of nitrogens with zero attached hydrogens (tertiary/aromatic N) is 2. The molecule has 1 aromatic heterocycles. The van der Waals surface area contributed by atoms with Crippen LogP contribution in [-0.4, -0.2) is 22.1 Å². The molecule has 0 aliphatic heterocycles. The van der Waals surface area contributed by atoms with E-state index >= 15 is 0 Å². The lowest BCUT2D eigenvalue weighted by atomic mass is 9.89. The summed E-state index contributed by atoms with van der Waals surface area (Å²) >= 11 is 0. The second kappa shape index (κ2) is 8.20. The van der Waals surface area contributed by atoms with Crippen LogP contribution in [0.1, 0.15) is 71.7 Å². The third kappa shape index (κ3) is 4.32. The van der Waals surface area contributed by atoms with E-state index in [0.29, 0.717) is 0 Å². The van der Waals surface area contributed by atoms with Crippen molar-refractivity contribution in [3.05, 3.63) is 11.4 Å². The second-order valence-electron chi connectivity index (χ2n) is 5.71. The molecule has 0 fully saturated rings. The van der Waals surface area contributed by atoms with Gasteiger partial charge in [0, 0.05) is 24.1 Å².